The molecule has 1 aliphatic rings. The van der Waals surface area contributed by atoms with Crippen molar-refractivity contribution in [3.63, 3.8) is 0 Å². The Morgan fingerprint density at radius 3 is 2.68 bits per heavy atom. The highest BCUT2D eigenvalue weighted by atomic mass is 16.6. The molecule has 1 aromatic rings. The average molecular weight is 305 g/mol. The molecule has 0 spiro atoms. The van der Waals surface area contributed by atoms with Crippen LogP contribution in [0.2, 0.25) is 0 Å². The molecular weight excluding hydrogens is 278 g/mol. The van der Waals surface area contributed by atoms with Crippen LogP contribution in [0.5, 0.6) is 0 Å². The number of benzene rings is 1. The molecule has 5 heteroatoms. The van der Waals surface area contributed by atoms with Gasteiger partial charge < -0.3 is 20.7 Å². The first kappa shape index (κ1) is 16.6. The number of anilines is 1. The van der Waals surface area contributed by atoms with Gasteiger partial charge in [-0.3, -0.25) is 0 Å². The number of nitrogen functional groups attached to an aromatic ring is 1. The van der Waals surface area contributed by atoms with Gasteiger partial charge in [0.15, 0.2) is 0 Å². The Hall–Kier alpha value is -1.75. The van der Waals surface area contributed by atoms with Gasteiger partial charge >= 0.3 is 6.09 Å². The zero-order valence-electron chi connectivity index (χ0n) is 13.8. The Bertz CT molecular complexity index is 494. The molecule has 0 radical (unpaired) electrons. The first-order chi connectivity index (χ1) is 10.3. The number of nitrogens with zero attached hydrogens (tertiary/aromatic N) is 1. The number of amides is 1. The van der Waals surface area contributed by atoms with E-state index in [9.17, 15) is 4.79 Å². The zero-order valence-corrected chi connectivity index (χ0v) is 13.8. The smallest absolute Gasteiger partial charge is 0.410 e. The Labute approximate surface area is 132 Å². The number of carbonyl (C=O) groups is 1. The number of likely N-dealkylation sites (tertiary alicyclic amines) is 1. The van der Waals surface area contributed by atoms with Crippen LogP contribution in [0.25, 0.3) is 0 Å². The molecule has 22 heavy (non-hydrogen) atoms. The molecular formula is C17H27N3O2. The first-order valence-electron chi connectivity index (χ1n) is 7.89. The lowest BCUT2D eigenvalue weighted by Crippen LogP contribution is -2.49. The number of ether oxygens (including phenoxy) is 1. The number of hydrogen-bond donors (Lipinski definition) is 2. The lowest BCUT2D eigenvalue weighted by Gasteiger charge is -2.34. The van der Waals surface area contributed by atoms with Crippen molar-refractivity contribution in [2.45, 2.75) is 51.8 Å². The van der Waals surface area contributed by atoms with E-state index in [1.165, 1.54) is 5.56 Å². The van der Waals surface area contributed by atoms with Gasteiger partial charge in [0.1, 0.15) is 5.60 Å². The van der Waals surface area contributed by atoms with Crippen LogP contribution in [0.3, 0.4) is 0 Å². The normalized spacial score (nSPS) is 19.0. The van der Waals surface area contributed by atoms with Gasteiger partial charge in [-0.25, -0.2) is 4.79 Å². The molecule has 0 saturated carbocycles. The van der Waals surface area contributed by atoms with E-state index in [2.05, 4.69) is 5.32 Å². The molecule has 1 fully saturated rings. The molecule has 1 heterocycles. The summed E-state index contributed by atoms with van der Waals surface area (Å²) in [6, 6.07) is 8.17. The maximum atomic E-state index is 12.1. The highest BCUT2D eigenvalue weighted by Gasteiger charge is 2.27. The van der Waals surface area contributed by atoms with Crippen LogP contribution in [0.15, 0.2) is 24.3 Å². The summed E-state index contributed by atoms with van der Waals surface area (Å²) in [4.78, 5) is 13.9. The fourth-order valence-electron chi connectivity index (χ4n) is 2.53. The predicted octanol–water partition coefficient (Wildman–Crippen LogP) is 2.76. The number of piperidine rings is 1. The largest absolute Gasteiger partial charge is 0.444 e. The molecule has 122 valence electrons. The third-order valence-corrected chi connectivity index (χ3v) is 3.65. The van der Waals surface area contributed by atoms with Crippen molar-refractivity contribution in [2.24, 2.45) is 0 Å². The van der Waals surface area contributed by atoms with Crippen molar-refractivity contribution in [2.75, 3.05) is 18.8 Å². The second kappa shape index (κ2) is 7.01. The molecule has 1 aliphatic heterocycles. The summed E-state index contributed by atoms with van der Waals surface area (Å²) in [5, 5.41) is 3.51. The third-order valence-electron chi connectivity index (χ3n) is 3.65. The lowest BCUT2D eigenvalue weighted by molar-refractivity contribution is 0.0187. The number of nitrogens with two attached hydrogens (primary N) is 1. The second-order valence-electron chi connectivity index (χ2n) is 6.89. The van der Waals surface area contributed by atoms with Gasteiger partial charge in [-0.05, 0) is 51.3 Å². The van der Waals surface area contributed by atoms with Crippen LogP contribution in [0.1, 0.15) is 39.2 Å². The molecule has 1 atom stereocenters. The summed E-state index contributed by atoms with van der Waals surface area (Å²) < 4.78 is 5.45. The summed E-state index contributed by atoms with van der Waals surface area (Å²) >= 11 is 0. The molecule has 2 rings (SSSR count). The van der Waals surface area contributed by atoms with Gasteiger partial charge in [-0.2, -0.15) is 0 Å². The third kappa shape index (κ3) is 5.22. The molecule has 0 aromatic heterocycles. The van der Waals surface area contributed by atoms with Crippen LogP contribution >= 0.6 is 0 Å². The summed E-state index contributed by atoms with van der Waals surface area (Å²) in [6.45, 7) is 7.94. The lowest BCUT2D eigenvalue weighted by atomic mass is 10.1. The number of hydrogen-bond acceptors (Lipinski definition) is 4. The quantitative estimate of drug-likeness (QED) is 0.843. The summed E-state index contributed by atoms with van der Waals surface area (Å²) in [5.41, 5.74) is 7.22. The molecule has 1 saturated heterocycles. The van der Waals surface area contributed by atoms with Gasteiger partial charge in [0.25, 0.3) is 0 Å². The minimum atomic E-state index is -0.443. The van der Waals surface area contributed by atoms with E-state index in [-0.39, 0.29) is 6.09 Å². The van der Waals surface area contributed by atoms with E-state index in [0.717, 1.165) is 31.6 Å². The minimum absolute atomic E-state index is 0.216. The molecule has 0 aliphatic carbocycles. The van der Waals surface area contributed by atoms with Gasteiger partial charge in [0.05, 0.1) is 0 Å². The first-order valence-corrected chi connectivity index (χ1v) is 7.89. The van der Waals surface area contributed by atoms with Crippen molar-refractivity contribution in [1.29, 1.82) is 0 Å². The van der Waals surface area contributed by atoms with Crippen LogP contribution < -0.4 is 11.1 Å². The maximum absolute atomic E-state index is 12.1. The maximum Gasteiger partial charge on any atom is 0.410 e. The summed E-state index contributed by atoms with van der Waals surface area (Å²) in [5.74, 6) is 0. The van der Waals surface area contributed by atoms with E-state index in [4.69, 9.17) is 10.5 Å². The molecule has 3 N–H and O–H groups in total. The molecule has 1 aromatic carbocycles. The van der Waals surface area contributed by atoms with Gasteiger partial charge in [-0.1, -0.05) is 12.1 Å². The predicted molar refractivity (Wildman–Crippen MR) is 88.5 cm³/mol. The molecule has 1 unspecified atom stereocenters. The van der Waals surface area contributed by atoms with E-state index in [1.807, 2.05) is 45.0 Å². The second-order valence-corrected chi connectivity index (χ2v) is 6.89. The highest BCUT2D eigenvalue weighted by molar-refractivity contribution is 5.68. The van der Waals surface area contributed by atoms with E-state index >= 15 is 0 Å². The van der Waals surface area contributed by atoms with Crippen molar-refractivity contribution in [3.8, 4) is 0 Å². The Balaban J connectivity index is 1.82. The minimum Gasteiger partial charge on any atom is -0.444 e. The zero-order chi connectivity index (χ0) is 16.2. The van der Waals surface area contributed by atoms with Crippen molar-refractivity contribution >= 4 is 11.8 Å². The SMILES string of the molecule is CC(C)(C)OC(=O)N1CCCC(NCc2ccc(N)cc2)C1. The van der Waals surface area contributed by atoms with Crippen LogP contribution in [-0.2, 0) is 11.3 Å². The standard InChI is InChI=1S/C17H27N3O2/c1-17(2,3)22-16(21)20-10-4-5-15(12-20)19-11-13-6-8-14(18)9-7-13/h6-9,15,19H,4-5,10-12,18H2,1-3H3. The Kier molecular flexibility index (Phi) is 5.29. The number of nitrogens with one attached hydrogen (secondary N) is 1. The van der Waals surface area contributed by atoms with Crippen LogP contribution in [-0.4, -0.2) is 35.7 Å². The fourth-order valence-corrected chi connectivity index (χ4v) is 2.53. The van der Waals surface area contributed by atoms with Crippen molar-refractivity contribution in [3.05, 3.63) is 29.8 Å². The van der Waals surface area contributed by atoms with Crippen LogP contribution in [0, 0.1) is 0 Å². The summed E-state index contributed by atoms with van der Waals surface area (Å²) in [7, 11) is 0. The molecule has 0 bridgehead atoms. The molecule has 1 amide bonds. The molecule has 5 nitrogen and oxygen atoms in total. The van der Waals surface area contributed by atoms with Crippen LogP contribution in [0.4, 0.5) is 10.5 Å². The Morgan fingerprint density at radius 1 is 1.36 bits per heavy atom. The topological polar surface area (TPSA) is 67.6 Å². The van der Waals surface area contributed by atoms with Gasteiger partial charge in [-0.15, -0.1) is 0 Å². The van der Waals surface area contributed by atoms with Gasteiger partial charge in [0.2, 0.25) is 0 Å². The number of rotatable bonds is 3. The fraction of sp³-hybridized carbons (Fsp3) is 0.588. The van der Waals surface area contributed by atoms with E-state index < -0.39 is 5.60 Å². The highest BCUT2D eigenvalue weighted by Crippen LogP contribution is 2.16. The van der Waals surface area contributed by atoms with Crippen molar-refractivity contribution in [1.82, 2.24) is 10.2 Å². The average Bonchev–Trinajstić information content (AvgIpc) is 2.45. The van der Waals surface area contributed by atoms with E-state index in [1.54, 1.807) is 4.90 Å². The van der Waals surface area contributed by atoms with Gasteiger partial charge in [0, 0.05) is 31.4 Å². The number of carbonyl (C=O) groups excluding carboxylic acids is 1. The summed E-state index contributed by atoms with van der Waals surface area (Å²) in [6.07, 6.45) is 1.86. The monoisotopic (exact) mass is 305 g/mol. The van der Waals surface area contributed by atoms with Crippen molar-refractivity contribution < 1.29 is 9.53 Å². The Morgan fingerprint density at radius 2 is 2.05 bits per heavy atom. The van der Waals surface area contributed by atoms with E-state index in [0.29, 0.717) is 12.6 Å².